The Kier molecular flexibility index (Phi) is 6.94. The highest BCUT2D eigenvalue weighted by molar-refractivity contribution is 5.03. The molecule has 0 spiro atoms. The number of aromatic nitrogens is 2. The first-order valence-electron chi connectivity index (χ1n) is 6.93. The normalized spacial score (nSPS) is 12.9. The van der Waals surface area contributed by atoms with Gasteiger partial charge in [-0.05, 0) is 31.9 Å². The molecule has 0 radical (unpaired) electrons. The number of rotatable bonds is 9. The van der Waals surface area contributed by atoms with Gasteiger partial charge >= 0.3 is 0 Å². The molecule has 1 aromatic rings. The summed E-state index contributed by atoms with van der Waals surface area (Å²) in [7, 11) is 1.97. The minimum absolute atomic E-state index is 0.642. The fourth-order valence-electron chi connectivity index (χ4n) is 2.04. The van der Waals surface area contributed by atoms with Crippen LogP contribution in [0.4, 0.5) is 0 Å². The molecule has 0 bridgehead atoms. The second-order valence-electron chi connectivity index (χ2n) is 4.98. The maximum Gasteiger partial charge on any atom is 0.0522 e. The Balaban J connectivity index is 2.02. The van der Waals surface area contributed by atoms with Gasteiger partial charge < -0.3 is 5.32 Å². The van der Waals surface area contributed by atoms with Crippen molar-refractivity contribution in [2.45, 2.75) is 58.4 Å². The summed E-state index contributed by atoms with van der Waals surface area (Å²) in [6.45, 7) is 5.60. The van der Waals surface area contributed by atoms with Crippen molar-refractivity contribution >= 4 is 0 Å². The third-order valence-electron chi connectivity index (χ3n) is 3.16. The Hall–Kier alpha value is -0.830. The van der Waals surface area contributed by atoms with Crippen LogP contribution in [0, 0.1) is 0 Å². The summed E-state index contributed by atoms with van der Waals surface area (Å²) in [4.78, 5) is 0. The molecule has 3 heteroatoms. The third kappa shape index (κ3) is 6.47. The van der Waals surface area contributed by atoms with Gasteiger partial charge in [0.2, 0.25) is 0 Å². The fraction of sp³-hybridized carbons (Fsp3) is 0.786. The Morgan fingerprint density at radius 2 is 2.18 bits per heavy atom. The fourth-order valence-corrected chi connectivity index (χ4v) is 2.04. The van der Waals surface area contributed by atoms with Crippen LogP contribution in [0.25, 0.3) is 0 Å². The van der Waals surface area contributed by atoms with Gasteiger partial charge in [0.25, 0.3) is 0 Å². The van der Waals surface area contributed by atoms with Gasteiger partial charge in [-0.2, -0.15) is 5.10 Å². The van der Waals surface area contributed by atoms with Gasteiger partial charge in [0.1, 0.15) is 0 Å². The number of nitrogens with one attached hydrogen (secondary N) is 1. The topological polar surface area (TPSA) is 29.9 Å². The van der Waals surface area contributed by atoms with Gasteiger partial charge in [-0.3, -0.25) is 4.68 Å². The maximum absolute atomic E-state index is 4.17. The van der Waals surface area contributed by atoms with E-state index in [0.717, 1.165) is 13.0 Å². The number of hydrogen-bond donors (Lipinski definition) is 1. The first-order chi connectivity index (χ1) is 8.22. The molecule has 1 aromatic heterocycles. The lowest BCUT2D eigenvalue weighted by Crippen LogP contribution is -2.27. The van der Waals surface area contributed by atoms with Gasteiger partial charge in [-0.25, -0.2) is 0 Å². The molecule has 3 nitrogen and oxygen atoms in total. The lowest BCUT2D eigenvalue weighted by molar-refractivity contribution is 0.486. The highest BCUT2D eigenvalue weighted by Crippen LogP contribution is 2.05. The smallest absolute Gasteiger partial charge is 0.0522 e. The van der Waals surface area contributed by atoms with Gasteiger partial charge in [-0.1, -0.05) is 32.6 Å². The molecule has 0 aliphatic rings. The molecule has 1 N–H and O–H groups in total. The molecule has 0 saturated heterocycles. The Bertz CT molecular complexity index is 293. The zero-order valence-electron chi connectivity index (χ0n) is 11.6. The summed E-state index contributed by atoms with van der Waals surface area (Å²) >= 11 is 0. The molecule has 17 heavy (non-hydrogen) atoms. The summed E-state index contributed by atoms with van der Waals surface area (Å²) < 4.78 is 1.86. The highest BCUT2D eigenvalue weighted by atomic mass is 15.2. The number of unbranched alkanes of at least 4 members (excludes halogenated alkanes) is 3. The van der Waals surface area contributed by atoms with Crippen LogP contribution in [0.5, 0.6) is 0 Å². The molecule has 0 amide bonds. The van der Waals surface area contributed by atoms with E-state index in [2.05, 4.69) is 30.5 Å². The summed E-state index contributed by atoms with van der Waals surface area (Å²) in [6, 6.07) is 0.642. The molecule has 98 valence electrons. The summed E-state index contributed by atoms with van der Waals surface area (Å²) in [5.41, 5.74) is 1.32. The molecule has 1 unspecified atom stereocenters. The van der Waals surface area contributed by atoms with Crippen LogP contribution in [0.2, 0.25) is 0 Å². The predicted molar refractivity (Wildman–Crippen MR) is 73.1 cm³/mol. The van der Waals surface area contributed by atoms with Crippen LogP contribution in [0.15, 0.2) is 12.4 Å². The van der Waals surface area contributed by atoms with Crippen LogP contribution < -0.4 is 5.32 Å². The van der Waals surface area contributed by atoms with Crippen molar-refractivity contribution in [3.05, 3.63) is 18.0 Å². The van der Waals surface area contributed by atoms with Crippen LogP contribution in [0.3, 0.4) is 0 Å². The van der Waals surface area contributed by atoms with E-state index in [1.165, 1.54) is 37.7 Å². The SMILES string of the molecule is CCCCCCC(C)NCCc1cnn(C)c1. The Labute approximate surface area is 106 Å². The number of nitrogens with zero attached hydrogens (tertiary/aromatic N) is 2. The van der Waals surface area contributed by atoms with Gasteiger partial charge in [-0.15, -0.1) is 0 Å². The van der Waals surface area contributed by atoms with Crippen LogP contribution in [0.1, 0.15) is 51.5 Å². The quantitative estimate of drug-likeness (QED) is 0.669. The summed E-state index contributed by atoms with van der Waals surface area (Å²) in [5, 5.41) is 7.75. The number of aryl methyl sites for hydroxylation is 1. The average Bonchev–Trinajstić information content (AvgIpc) is 2.71. The minimum Gasteiger partial charge on any atom is -0.314 e. The predicted octanol–water partition coefficient (Wildman–Crippen LogP) is 2.91. The molecule has 1 atom stereocenters. The largest absolute Gasteiger partial charge is 0.314 e. The van der Waals surface area contributed by atoms with E-state index >= 15 is 0 Å². The van der Waals surface area contributed by atoms with Crippen molar-refractivity contribution in [3.63, 3.8) is 0 Å². The van der Waals surface area contributed by atoms with Crippen molar-refractivity contribution in [3.8, 4) is 0 Å². The highest BCUT2D eigenvalue weighted by Gasteiger charge is 2.01. The molecule has 0 saturated carbocycles. The third-order valence-corrected chi connectivity index (χ3v) is 3.16. The van der Waals surface area contributed by atoms with E-state index in [0.29, 0.717) is 6.04 Å². The minimum atomic E-state index is 0.642. The average molecular weight is 237 g/mol. The van der Waals surface area contributed by atoms with E-state index in [-0.39, 0.29) is 0 Å². The zero-order chi connectivity index (χ0) is 12.5. The standard InChI is InChI=1S/C14H27N3/c1-4-5-6-7-8-13(2)15-10-9-14-11-16-17(3)12-14/h11-13,15H,4-10H2,1-3H3. The van der Waals surface area contributed by atoms with Gasteiger partial charge in [0.05, 0.1) is 6.20 Å². The second kappa shape index (κ2) is 8.29. The number of hydrogen-bond acceptors (Lipinski definition) is 2. The molecule has 0 fully saturated rings. The molecule has 0 aromatic carbocycles. The van der Waals surface area contributed by atoms with E-state index < -0.39 is 0 Å². The first kappa shape index (κ1) is 14.2. The Morgan fingerprint density at radius 3 is 2.82 bits per heavy atom. The van der Waals surface area contributed by atoms with E-state index in [1.54, 1.807) is 0 Å². The monoisotopic (exact) mass is 237 g/mol. The Morgan fingerprint density at radius 1 is 1.35 bits per heavy atom. The lowest BCUT2D eigenvalue weighted by Gasteiger charge is -2.12. The lowest BCUT2D eigenvalue weighted by atomic mass is 10.1. The van der Waals surface area contributed by atoms with Crippen molar-refractivity contribution in [2.75, 3.05) is 6.54 Å². The van der Waals surface area contributed by atoms with Crippen molar-refractivity contribution in [1.82, 2.24) is 15.1 Å². The first-order valence-corrected chi connectivity index (χ1v) is 6.93. The second-order valence-corrected chi connectivity index (χ2v) is 4.98. The summed E-state index contributed by atoms with van der Waals surface area (Å²) in [5.74, 6) is 0. The van der Waals surface area contributed by atoms with Crippen LogP contribution in [-0.2, 0) is 13.5 Å². The van der Waals surface area contributed by atoms with Crippen LogP contribution >= 0.6 is 0 Å². The van der Waals surface area contributed by atoms with Crippen LogP contribution in [-0.4, -0.2) is 22.4 Å². The van der Waals surface area contributed by atoms with Crippen molar-refractivity contribution in [2.24, 2.45) is 7.05 Å². The van der Waals surface area contributed by atoms with E-state index in [1.807, 2.05) is 17.9 Å². The van der Waals surface area contributed by atoms with Crippen molar-refractivity contribution in [1.29, 1.82) is 0 Å². The van der Waals surface area contributed by atoms with Gasteiger partial charge in [0.15, 0.2) is 0 Å². The molecule has 1 heterocycles. The summed E-state index contributed by atoms with van der Waals surface area (Å²) in [6.07, 6.45) is 11.9. The molecular formula is C14H27N3. The van der Waals surface area contributed by atoms with E-state index in [4.69, 9.17) is 0 Å². The molecule has 0 aliphatic carbocycles. The van der Waals surface area contributed by atoms with Crippen molar-refractivity contribution < 1.29 is 0 Å². The maximum atomic E-state index is 4.17. The van der Waals surface area contributed by atoms with Gasteiger partial charge in [0, 0.05) is 19.3 Å². The molecular weight excluding hydrogens is 210 g/mol. The zero-order valence-corrected chi connectivity index (χ0v) is 11.6. The van der Waals surface area contributed by atoms with E-state index in [9.17, 15) is 0 Å². The molecule has 0 aliphatic heterocycles. The molecule has 1 rings (SSSR count).